The quantitative estimate of drug-likeness (QED) is 0.139. The van der Waals surface area contributed by atoms with E-state index < -0.39 is 22.9 Å². The second kappa shape index (κ2) is 11.7. The smallest absolute Gasteiger partial charge is 0.312 e. The van der Waals surface area contributed by atoms with E-state index in [1.54, 1.807) is 36.4 Å². The first kappa shape index (κ1) is 29.1. The Morgan fingerprint density at radius 1 is 1.18 bits per heavy atom. The van der Waals surface area contributed by atoms with Crippen LogP contribution < -0.4 is 15.6 Å². The van der Waals surface area contributed by atoms with Gasteiger partial charge in [0.15, 0.2) is 6.61 Å². The van der Waals surface area contributed by atoms with Crippen LogP contribution in [0.25, 0.3) is 10.9 Å². The molecule has 0 fully saturated rings. The van der Waals surface area contributed by atoms with Crippen LogP contribution in [0.5, 0.6) is 5.75 Å². The Morgan fingerprint density at radius 2 is 1.90 bits per heavy atom. The van der Waals surface area contributed by atoms with E-state index in [-0.39, 0.29) is 21.5 Å². The van der Waals surface area contributed by atoms with E-state index in [4.69, 9.17) is 4.74 Å². The van der Waals surface area contributed by atoms with Gasteiger partial charge in [-0.15, -0.1) is 0 Å². The third-order valence-electron chi connectivity index (χ3n) is 5.81. The van der Waals surface area contributed by atoms with Crippen molar-refractivity contribution in [3.05, 3.63) is 101 Å². The van der Waals surface area contributed by atoms with Crippen molar-refractivity contribution in [1.82, 2.24) is 9.66 Å². The maximum absolute atomic E-state index is 13.4. The van der Waals surface area contributed by atoms with Crippen LogP contribution in [-0.4, -0.2) is 33.3 Å². The van der Waals surface area contributed by atoms with E-state index >= 15 is 0 Å². The van der Waals surface area contributed by atoms with E-state index in [0.717, 1.165) is 10.0 Å². The molecule has 1 heterocycles. The first-order chi connectivity index (χ1) is 18.8. The van der Waals surface area contributed by atoms with Gasteiger partial charge in [0, 0.05) is 27.2 Å². The first-order valence-electron chi connectivity index (χ1n) is 12.1. The number of rotatable bonds is 7. The Kier molecular flexibility index (Phi) is 8.50. The standard InChI is InChI=1S/C28H25Br2N5O5/c1-16-7-5-6-8-21(16)32-24(36)15-40-25-20(30)11-17(12-23(25)35(38)39)14-31-34-26(37)19-13-18(29)9-10-22(19)33-27(34)28(2,3)4/h5-14H,15H2,1-4H3,(H,32,36). The highest BCUT2D eigenvalue weighted by atomic mass is 79.9. The third-order valence-corrected chi connectivity index (χ3v) is 6.89. The normalized spacial score (nSPS) is 11.7. The molecule has 0 atom stereocenters. The summed E-state index contributed by atoms with van der Waals surface area (Å²) in [6, 6.07) is 15.3. The van der Waals surface area contributed by atoms with E-state index in [1.165, 1.54) is 17.0 Å². The molecule has 1 amide bonds. The zero-order valence-electron chi connectivity index (χ0n) is 22.1. The Balaban J connectivity index is 1.66. The number of carbonyl (C=O) groups excluding carboxylic acids is 1. The summed E-state index contributed by atoms with van der Waals surface area (Å²) in [5.41, 5.74) is 1.09. The molecule has 12 heteroatoms. The minimum absolute atomic E-state index is 0.105. The molecule has 0 aliphatic heterocycles. The molecule has 0 radical (unpaired) electrons. The summed E-state index contributed by atoms with van der Waals surface area (Å²) < 4.78 is 7.72. The number of nitro groups is 1. The minimum atomic E-state index is -0.613. The molecule has 4 aromatic rings. The Morgan fingerprint density at radius 3 is 2.58 bits per heavy atom. The van der Waals surface area contributed by atoms with Gasteiger partial charge >= 0.3 is 5.69 Å². The fourth-order valence-corrected chi connectivity index (χ4v) is 4.80. The summed E-state index contributed by atoms with van der Waals surface area (Å²) in [5, 5.41) is 19.4. The second-order valence-corrected chi connectivity index (χ2v) is 11.7. The van der Waals surface area contributed by atoms with Crippen molar-refractivity contribution in [3.8, 4) is 5.75 Å². The molecule has 0 spiro atoms. The van der Waals surface area contributed by atoms with Gasteiger partial charge in [0.05, 0.1) is 26.5 Å². The number of nitrogens with one attached hydrogen (secondary N) is 1. The van der Waals surface area contributed by atoms with Gasteiger partial charge in [-0.25, -0.2) is 4.98 Å². The molecule has 10 nitrogen and oxygen atoms in total. The van der Waals surface area contributed by atoms with Crippen molar-refractivity contribution in [2.24, 2.45) is 5.10 Å². The molecule has 1 aromatic heterocycles. The lowest BCUT2D eigenvalue weighted by Crippen LogP contribution is -2.29. The molecular weight excluding hydrogens is 646 g/mol. The van der Waals surface area contributed by atoms with Crippen LogP contribution in [0.15, 0.2) is 73.4 Å². The summed E-state index contributed by atoms with van der Waals surface area (Å²) >= 11 is 6.70. The van der Waals surface area contributed by atoms with Crippen LogP contribution in [0.2, 0.25) is 0 Å². The van der Waals surface area contributed by atoms with Crippen molar-refractivity contribution < 1.29 is 14.5 Å². The van der Waals surface area contributed by atoms with E-state index in [1.807, 2.05) is 39.8 Å². The summed E-state index contributed by atoms with van der Waals surface area (Å²) in [4.78, 5) is 41.8. The maximum Gasteiger partial charge on any atom is 0.312 e. The molecule has 0 aliphatic rings. The lowest BCUT2D eigenvalue weighted by molar-refractivity contribution is -0.385. The van der Waals surface area contributed by atoms with E-state index in [9.17, 15) is 19.7 Å². The van der Waals surface area contributed by atoms with Crippen molar-refractivity contribution >= 4 is 66.3 Å². The molecule has 3 aromatic carbocycles. The molecule has 0 unspecified atom stereocenters. The fraction of sp³-hybridized carbons (Fsp3) is 0.214. The lowest BCUT2D eigenvalue weighted by Gasteiger charge is -2.20. The number of ether oxygens (including phenoxy) is 1. The number of carbonyl (C=O) groups is 1. The lowest BCUT2D eigenvalue weighted by atomic mass is 9.95. The van der Waals surface area contributed by atoms with Crippen molar-refractivity contribution in [2.75, 3.05) is 11.9 Å². The number of halogens is 2. The predicted molar refractivity (Wildman–Crippen MR) is 161 cm³/mol. The molecular formula is C28H25Br2N5O5. The molecule has 206 valence electrons. The summed E-state index contributed by atoms with van der Waals surface area (Å²) in [6.45, 7) is 7.14. The zero-order valence-corrected chi connectivity index (χ0v) is 25.2. The highest BCUT2D eigenvalue weighted by molar-refractivity contribution is 9.10. The van der Waals surface area contributed by atoms with Crippen LogP contribution in [0.1, 0.15) is 37.7 Å². The minimum Gasteiger partial charge on any atom is -0.476 e. The van der Waals surface area contributed by atoms with Crippen LogP contribution in [0.3, 0.4) is 0 Å². The Labute approximate surface area is 246 Å². The van der Waals surface area contributed by atoms with E-state index in [2.05, 4.69) is 47.3 Å². The van der Waals surface area contributed by atoms with Gasteiger partial charge in [-0.1, -0.05) is 54.9 Å². The molecule has 0 aliphatic carbocycles. The summed E-state index contributed by atoms with van der Waals surface area (Å²) in [6.07, 6.45) is 1.34. The van der Waals surface area contributed by atoms with Gasteiger partial charge in [0.25, 0.3) is 11.5 Å². The third kappa shape index (κ3) is 6.45. The fourth-order valence-electron chi connectivity index (χ4n) is 3.86. The van der Waals surface area contributed by atoms with Gasteiger partial charge < -0.3 is 10.1 Å². The average molecular weight is 671 g/mol. The first-order valence-corrected chi connectivity index (χ1v) is 13.7. The monoisotopic (exact) mass is 669 g/mol. The Bertz CT molecular complexity index is 1730. The number of amides is 1. The number of aryl methyl sites for hydroxylation is 1. The van der Waals surface area contributed by atoms with Crippen LogP contribution in [0, 0.1) is 17.0 Å². The van der Waals surface area contributed by atoms with Gasteiger partial charge in [-0.3, -0.25) is 19.7 Å². The average Bonchev–Trinajstić information content (AvgIpc) is 2.88. The zero-order chi connectivity index (χ0) is 29.2. The van der Waals surface area contributed by atoms with E-state index in [0.29, 0.717) is 28.0 Å². The second-order valence-electron chi connectivity index (χ2n) is 9.97. The number of hydrogen-bond acceptors (Lipinski definition) is 7. The van der Waals surface area contributed by atoms with Crippen LogP contribution in [-0.2, 0) is 10.2 Å². The van der Waals surface area contributed by atoms with Gasteiger partial charge in [-0.2, -0.15) is 9.78 Å². The number of hydrogen-bond donors (Lipinski definition) is 1. The van der Waals surface area contributed by atoms with Crippen LogP contribution >= 0.6 is 31.9 Å². The number of fused-ring (bicyclic) bond motifs is 1. The number of nitro benzene ring substituents is 1. The molecule has 0 bridgehead atoms. The Hall–Kier alpha value is -3.90. The number of nitrogens with zero attached hydrogens (tertiary/aromatic N) is 4. The molecule has 0 saturated carbocycles. The summed E-state index contributed by atoms with van der Waals surface area (Å²) in [5.74, 6) is -0.144. The van der Waals surface area contributed by atoms with Crippen LogP contribution in [0.4, 0.5) is 11.4 Å². The topological polar surface area (TPSA) is 129 Å². The molecule has 40 heavy (non-hydrogen) atoms. The van der Waals surface area contributed by atoms with Gasteiger partial charge in [0.1, 0.15) is 5.82 Å². The number of aromatic nitrogens is 2. The highest BCUT2D eigenvalue weighted by Gasteiger charge is 2.24. The number of anilines is 1. The molecule has 1 N–H and O–H groups in total. The van der Waals surface area contributed by atoms with Crippen molar-refractivity contribution in [1.29, 1.82) is 0 Å². The summed E-state index contributed by atoms with van der Waals surface area (Å²) in [7, 11) is 0. The predicted octanol–water partition coefficient (Wildman–Crippen LogP) is 6.34. The van der Waals surface area contributed by atoms with Gasteiger partial charge in [0.2, 0.25) is 5.75 Å². The molecule has 4 rings (SSSR count). The maximum atomic E-state index is 13.4. The van der Waals surface area contributed by atoms with Crippen molar-refractivity contribution in [2.45, 2.75) is 33.1 Å². The van der Waals surface area contributed by atoms with Crippen molar-refractivity contribution in [3.63, 3.8) is 0 Å². The highest BCUT2D eigenvalue weighted by Crippen LogP contribution is 2.36. The van der Waals surface area contributed by atoms with Gasteiger partial charge in [-0.05, 0) is 58.7 Å². The molecule has 0 saturated heterocycles. The largest absolute Gasteiger partial charge is 0.476 e. The number of benzene rings is 3. The number of para-hydroxylation sites is 1. The SMILES string of the molecule is Cc1ccccc1NC(=O)COc1c(Br)cc(C=Nn2c(C(C)(C)C)nc3ccc(Br)cc3c2=O)cc1[N+](=O)[O-].